The molecule has 4 N–H and O–H groups in total. The van der Waals surface area contributed by atoms with Gasteiger partial charge in [0.05, 0.1) is 5.54 Å². The minimum absolute atomic E-state index is 0.00485. The van der Waals surface area contributed by atoms with Gasteiger partial charge in [-0.3, -0.25) is 4.79 Å². The number of nitrogens with one attached hydrogen (secondary N) is 1. The fourth-order valence-electron chi connectivity index (χ4n) is 2.56. The summed E-state index contributed by atoms with van der Waals surface area (Å²) in [7, 11) is 0. The highest BCUT2D eigenvalue weighted by atomic mass is 16.3. The summed E-state index contributed by atoms with van der Waals surface area (Å²) in [6.45, 7) is 0.928. The molecule has 16 heavy (non-hydrogen) atoms. The van der Waals surface area contributed by atoms with Crippen molar-refractivity contribution in [3.05, 3.63) is 0 Å². The normalized spacial score (nSPS) is 32.1. The molecule has 92 valence electrons. The van der Waals surface area contributed by atoms with E-state index in [1.54, 1.807) is 0 Å². The average molecular weight is 226 g/mol. The van der Waals surface area contributed by atoms with Gasteiger partial charge in [0.25, 0.3) is 0 Å². The van der Waals surface area contributed by atoms with Crippen molar-refractivity contribution in [1.29, 1.82) is 0 Å². The van der Waals surface area contributed by atoms with Crippen LogP contribution in [0.25, 0.3) is 0 Å². The van der Waals surface area contributed by atoms with E-state index < -0.39 is 5.54 Å². The molecule has 0 aromatic heterocycles. The molecule has 0 heterocycles. The number of hydrogen-bond acceptors (Lipinski definition) is 3. The van der Waals surface area contributed by atoms with Crippen LogP contribution in [0.5, 0.6) is 0 Å². The van der Waals surface area contributed by atoms with Crippen LogP contribution in [0.3, 0.4) is 0 Å². The Balaban J connectivity index is 1.77. The van der Waals surface area contributed by atoms with Gasteiger partial charge in [-0.2, -0.15) is 0 Å². The van der Waals surface area contributed by atoms with Gasteiger partial charge in [-0.15, -0.1) is 0 Å². The molecule has 2 aliphatic carbocycles. The molecule has 4 nitrogen and oxygen atoms in total. The maximum atomic E-state index is 11.7. The van der Waals surface area contributed by atoms with E-state index in [9.17, 15) is 9.90 Å². The Bertz CT molecular complexity index is 264. The van der Waals surface area contributed by atoms with E-state index in [4.69, 9.17) is 5.73 Å². The third-order valence-electron chi connectivity index (χ3n) is 4.07. The van der Waals surface area contributed by atoms with Crippen LogP contribution in [-0.4, -0.2) is 29.7 Å². The molecule has 2 rings (SSSR count). The van der Waals surface area contributed by atoms with Crippen molar-refractivity contribution >= 4 is 5.91 Å². The van der Waals surface area contributed by atoms with E-state index in [1.165, 1.54) is 12.8 Å². The average Bonchev–Trinajstić information content (AvgIpc) is 3.06. The van der Waals surface area contributed by atoms with E-state index in [-0.39, 0.29) is 12.5 Å². The highest BCUT2D eigenvalue weighted by molar-refractivity contribution is 5.88. The second kappa shape index (κ2) is 4.72. The van der Waals surface area contributed by atoms with Crippen LogP contribution in [0, 0.1) is 11.8 Å². The van der Waals surface area contributed by atoms with Crippen LogP contribution >= 0.6 is 0 Å². The summed E-state index contributed by atoms with van der Waals surface area (Å²) in [5.41, 5.74) is 5.25. The Hall–Kier alpha value is -0.610. The van der Waals surface area contributed by atoms with Gasteiger partial charge in [0.15, 0.2) is 0 Å². The topological polar surface area (TPSA) is 75.4 Å². The van der Waals surface area contributed by atoms with Crippen LogP contribution in [-0.2, 0) is 4.79 Å². The molecule has 2 fully saturated rings. The van der Waals surface area contributed by atoms with Gasteiger partial charge >= 0.3 is 0 Å². The maximum Gasteiger partial charge on any atom is 0.240 e. The van der Waals surface area contributed by atoms with Crippen molar-refractivity contribution in [1.82, 2.24) is 5.32 Å². The molecule has 2 unspecified atom stereocenters. The van der Waals surface area contributed by atoms with E-state index >= 15 is 0 Å². The van der Waals surface area contributed by atoms with Gasteiger partial charge in [0.2, 0.25) is 5.91 Å². The molecule has 0 spiro atoms. The van der Waals surface area contributed by atoms with E-state index in [1.807, 2.05) is 0 Å². The van der Waals surface area contributed by atoms with Crippen LogP contribution < -0.4 is 11.1 Å². The summed E-state index contributed by atoms with van der Waals surface area (Å²) < 4.78 is 0. The largest absolute Gasteiger partial charge is 0.396 e. The molecule has 1 amide bonds. The number of amides is 1. The van der Waals surface area contributed by atoms with Crippen molar-refractivity contribution in [2.75, 3.05) is 13.2 Å². The molecular formula is C12H22N2O2. The smallest absolute Gasteiger partial charge is 0.240 e. The summed E-state index contributed by atoms with van der Waals surface area (Å²) >= 11 is 0. The van der Waals surface area contributed by atoms with Crippen molar-refractivity contribution in [3.8, 4) is 0 Å². The highest BCUT2D eigenvalue weighted by Crippen LogP contribution is 2.33. The number of carbonyl (C=O) groups is 1. The van der Waals surface area contributed by atoms with Crippen molar-refractivity contribution in [2.24, 2.45) is 17.6 Å². The molecule has 0 saturated heterocycles. The lowest BCUT2D eigenvalue weighted by atomic mass is 9.79. The van der Waals surface area contributed by atoms with Gasteiger partial charge in [-0.05, 0) is 37.5 Å². The van der Waals surface area contributed by atoms with Crippen molar-refractivity contribution in [2.45, 2.75) is 44.1 Å². The molecule has 0 bridgehead atoms. The quantitative estimate of drug-likeness (QED) is 0.649. The molecule has 4 heteroatoms. The molecule has 2 aliphatic rings. The number of hydrogen-bond donors (Lipinski definition) is 3. The molecule has 2 atom stereocenters. The Morgan fingerprint density at radius 1 is 1.31 bits per heavy atom. The van der Waals surface area contributed by atoms with Gasteiger partial charge < -0.3 is 16.2 Å². The summed E-state index contributed by atoms with van der Waals surface area (Å²) in [6, 6.07) is 0. The van der Waals surface area contributed by atoms with E-state index in [0.29, 0.717) is 18.4 Å². The number of carbonyl (C=O) groups excluding carboxylic acids is 1. The van der Waals surface area contributed by atoms with E-state index in [0.717, 1.165) is 25.7 Å². The van der Waals surface area contributed by atoms with Crippen LogP contribution in [0.2, 0.25) is 0 Å². The Morgan fingerprint density at radius 3 is 2.50 bits per heavy atom. The van der Waals surface area contributed by atoms with Crippen LogP contribution in [0.15, 0.2) is 0 Å². The second-order valence-corrected chi connectivity index (χ2v) is 5.35. The predicted octanol–water partition coefficient (Wildman–Crippen LogP) is 0.393. The summed E-state index contributed by atoms with van der Waals surface area (Å²) in [4.78, 5) is 11.7. The lowest BCUT2D eigenvalue weighted by Crippen LogP contribution is -2.45. The highest BCUT2D eigenvalue weighted by Gasteiger charge is 2.46. The maximum absolute atomic E-state index is 11.7. The first-order valence-electron chi connectivity index (χ1n) is 6.34. The lowest BCUT2D eigenvalue weighted by molar-refractivity contribution is -0.123. The Labute approximate surface area is 96.6 Å². The minimum atomic E-state index is -0.566. The van der Waals surface area contributed by atoms with Crippen LogP contribution in [0.4, 0.5) is 0 Å². The Morgan fingerprint density at radius 2 is 1.94 bits per heavy atom. The second-order valence-electron chi connectivity index (χ2n) is 5.35. The number of rotatable bonds is 4. The zero-order chi connectivity index (χ0) is 11.6. The minimum Gasteiger partial charge on any atom is -0.396 e. The van der Waals surface area contributed by atoms with E-state index in [2.05, 4.69) is 5.32 Å². The van der Waals surface area contributed by atoms with Gasteiger partial charge in [-0.25, -0.2) is 0 Å². The number of aliphatic hydroxyl groups is 1. The third-order valence-corrected chi connectivity index (χ3v) is 4.07. The molecule has 0 radical (unpaired) electrons. The first-order chi connectivity index (χ1) is 7.65. The summed E-state index contributed by atoms with van der Waals surface area (Å²) in [5, 5.41) is 12.2. The summed E-state index contributed by atoms with van der Waals surface area (Å²) in [5.74, 6) is 0.793. The van der Waals surface area contributed by atoms with Gasteiger partial charge in [0, 0.05) is 13.2 Å². The molecule has 0 aliphatic heterocycles. The number of aliphatic hydroxyl groups excluding tert-OH is 1. The SMILES string of the molecule is NC1(C(=O)NCC2CCCCC2CO)CC1. The van der Waals surface area contributed by atoms with Gasteiger partial charge in [-0.1, -0.05) is 12.8 Å². The fourth-order valence-corrected chi connectivity index (χ4v) is 2.56. The third kappa shape index (κ3) is 2.55. The van der Waals surface area contributed by atoms with Crippen molar-refractivity contribution in [3.63, 3.8) is 0 Å². The van der Waals surface area contributed by atoms with Crippen LogP contribution in [0.1, 0.15) is 38.5 Å². The predicted molar refractivity (Wildman–Crippen MR) is 61.7 cm³/mol. The Kier molecular flexibility index (Phi) is 3.50. The zero-order valence-corrected chi connectivity index (χ0v) is 9.74. The molecule has 0 aromatic rings. The standard InChI is InChI=1S/C12H22N2O2/c13-12(5-6-12)11(16)14-7-9-3-1-2-4-10(9)8-15/h9-10,15H,1-8,13H2,(H,14,16). The van der Waals surface area contributed by atoms with Gasteiger partial charge in [0.1, 0.15) is 0 Å². The zero-order valence-electron chi connectivity index (χ0n) is 9.74. The molecule has 0 aromatic carbocycles. The fraction of sp³-hybridized carbons (Fsp3) is 0.917. The lowest BCUT2D eigenvalue weighted by Gasteiger charge is -2.30. The van der Waals surface area contributed by atoms with Crippen molar-refractivity contribution < 1.29 is 9.90 Å². The first kappa shape index (κ1) is 11.9. The summed E-state index contributed by atoms with van der Waals surface area (Å²) in [6.07, 6.45) is 6.25. The monoisotopic (exact) mass is 226 g/mol. The number of nitrogens with two attached hydrogens (primary N) is 1. The molecular weight excluding hydrogens is 204 g/mol. The molecule has 2 saturated carbocycles. The first-order valence-corrected chi connectivity index (χ1v) is 6.34.